The molecule has 3 heterocycles. The standard InChI is InChI=1S/C31H29FN4O3/c1-20-16-24(21-2-4-23(5-3-21)30-33-11-12-34-30)17-25-19-35(14-15-39-29(20)25)31(38)36-13-10-27(37)18-28(36)22-6-8-26(32)9-7-22/h2-9,11-12,16-17,28H,10,13-15,18-19H2,1H3,(H,33,34)/t28-/m1/s1. The van der Waals surface area contributed by atoms with Gasteiger partial charge in [0.25, 0.3) is 0 Å². The number of aryl methyl sites for hydroxylation is 1. The van der Waals surface area contributed by atoms with Crippen LogP contribution in [0.15, 0.2) is 73.1 Å². The summed E-state index contributed by atoms with van der Waals surface area (Å²) in [6.45, 7) is 3.57. The summed E-state index contributed by atoms with van der Waals surface area (Å²) in [5.74, 6) is 1.39. The Hall–Kier alpha value is -4.46. The van der Waals surface area contributed by atoms with Crippen molar-refractivity contribution in [2.24, 2.45) is 0 Å². The molecule has 6 rings (SSSR count). The largest absolute Gasteiger partial charge is 0.491 e. The maximum Gasteiger partial charge on any atom is 0.320 e. The van der Waals surface area contributed by atoms with Crippen LogP contribution in [0.25, 0.3) is 22.5 Å². The van der Waals surface area contributed by atoms with Gasteiger partial charge in [-0.1, -0.05) is 36.4 Å². The summed E-state index contributed by atoms with van der Waals surface area (Å²) in [6, 6.07) is 17.9. The van der Waals surface area contributed by atoms with Crippen LogP contribution in [0.2, 0.25) is 0 Å². The maximum absolute atomic E-state index is 13.9. The number of ketones is 1. The van der Waals surface area contributed by atoms with Gasteiger partial charge in [0.15, 0.2) is 0 Å². The van der Waals surface area contributed by atoms with Crippen LogP contribution in [0.4, 0.5) is 9.18 Å². The topological polar surface area (TPSA) is 78.5 Å². The van der Waals surface area contributed by atoms with E-state index in [1.54, 1.807) is 34.3 Å². The average Bonchev–Trinajstić information content (AvgIpc) is 3.40. The fraction of sp³-hybridized carbons (Fsp3) is 0.258. The van der Waals surface area contributed by atoms with Gasteiger partial charge in [-0.2, -0.15) is 0 Å². The predicted octanol–water partition coefficient (Wildman–Crippen LogP) is 5.91. The molecular weight excluding hydrogens is 495 g/mol. The number of piperidine rings is 1. The lowest BCUT2D eigenvalue weighted by Crippen LogP contribution is -2.48. The number of ether oxygens (including phenoxy) is 1. The Kier molecular flexibility index (Phi) is 6.60. The molecule has 1 N–H and O–H groups in total. The molecule has 4 aromatic rings. The molecule has 2 aliphatic rings. The van der Waals surface area contributed by atoms with Gasteiger partial charge in [0.2, 0.25) is 0 Å². The Morgan fingerprint density at radius 1 is 1.03 bits per heavy atom. The fourth-order valence-electron chi connectivity index (χ4n) is 5.51. The summed E-state index contributed by atoms with van der Waals surface area (Å²) in [4.78, 5) is 37.2. The molecule has 8 heteroatoms. The van der Waals surface area contributed by atoms with Crippen molar-refractivity contribution < 1.29 is 18.7 Å². The summed E-state index contributed by atoms with van der Waals surface area (Å²) < 4.78 is 19.7. The highest BCUT2D eigenvalue weighted by atomic mass is 19.1. The van der Waals surface area contributed by atoms with Gasteiger partial charge < -0.3 is 19.5 Å². The highest BCUT2D eigenvalue weighted by molar-refractivity contribution is 5.84. The van der Waals surface area contributed by atoms with E-state index in [1.165, 1.54) is 12.1 Å². The third kappa shape index (κ3) is 5.02. The lowest BCUT2D eigenvalue weighted by Gasteiger charge is -2.38. The zero-order chi connectivity index (χ0) is 26.9. The van der Waals surface area contributed by atoms with E-state index in [-0.39, 0.29) is 24.1 Å². The number of H-pyrrole nitrogens is 1. The number of hydrogen-bond acceptors (Lipinski definition) is 4. The Balaban J connectivity index is 1.27. The molecule has 39 heavy (non-hydrogen) atoms. The molecule has 198 valence electrons. The minimum atomic E-state index is -0.413. The zero-order valence-electron chi connectivity index (χ0n) is 21.7. The van der Waals surface area contributed by atoms with E-state index in [0.717, 1.165) is 45.0 Å². The summed E-state index contributed by atoms with van der Waals surface area (Å²) in [7, 11) is 0. The summed E-state index contributed by atoms with van der Waals surface area (Å²) in [6.07, 6.45) is 4.09. The predicted molar refractivity (Wildman–Crippen MR) is 146 cm³/mol. The molecule has 0 bridgehead atoms. The number of Topliss-reactive ketones (excluding diaryl/α,β-unsaturated/α-hetero) is 1. The Labute approximate surface area is 226 Å². The number of nitrogens with zero attached hydrogens (tertiary/aromatic N) is 3. The summed E-state index contributed by atoms with van der Waals surface area (Å²) >= 11 is 0. The first kappa shape index (κ1) is 24.9. The molecule has 7 nitrogen and oxygen atoms in total. The third-order valence-corrected chi connectivity index (χ3v) is 7.51. The van der Waals surface area contributed by atoms with Crippen LogP contribution >= 0.6 is 0 Å². The molecule has 2 aliphatic heterocycles. The number of carbonyl (C=O) groups excluding carboxylic acids is 2. The van der Waals surface area contributed by atoms with E-state index in [9.17, 15) is 14.0 Å². The van der Waals surface area contributed by atoms with Crippen molar-refractivity contribution >= 4 is 11.8 Å². The second-order valence-electron chi connectivity index (χ2n) is 10.1. The minimum Gasteiger partial charge on any atom is -0.491 e. The van der Waals surface area contributed by atoms with E-state index in [2.05, 4.69) is 34.2 Å². The van der Waals surface area contributed by atoms with Crippen molar-refractivity contribution in [3.05, 3.63) is 95.6 Å². The van der Waals surface area contributed by atoms with Gasteiger partial charge >= 0.3 is 6.03 Å². The van der Waals surface area contributed by atoms with Crippen molar-refractivity contribution in [1.29, 1.82) is 0 Å². The second kappa shape index (κ2) is 10.4. The van der Waals surface area contributed by atoms with E-state index < -0.39 is 6.04 Å². The number of rotatable bonds is 3. The lowest BCUT2D eigenvalue weighted by atomic mass is 9.94. The smallest absolute Gasteiger partial charge is 0.320 e. The normalized spacial score (nSPS) is 17.4. The molecule has 0 aliphatic carbocycles. The highest BCUT2D eigenvalue weighted by Crippen LogP contribution is 2.35. The lowest BCUT2D eigenvalue weighted by molar-refractivity contribution is -0.122. The zero-order valence-corrected chi connectivity index (χ0v) is 21.7. The number of benzene rings is 3. The monoisotopic (exact) mass is 524 g/mol. The number of nitrogens with one attached hydrogen (secondary N) is 1. The first-order valence-corrected chi connectivity index (χ1v) is 13.2. The Morgan fingerprint density at radius 3 is 2.54 bits per heavy atom. The Morgan fingerprint density at radius 2 is 1.79 bits per heavy atom. The van der Waals surface area contributed by atoms with Crippen molar-refractivity contribution in [3.63, 3.8) is 0 Å². The molecule has 0 spiro atoms. The van der Waals surface area contributed by atoms with Crippen molar-refractivity contribution in [3.8, 4) is 28.3 Å². The van der Waals surface area contributed by atoms with Gasteiger partial charge in [0.1, 0.15) is 29.8 Å². The quantitative estimate of drug-likeness (QED) is 0.361. The number of carbonyl (C=O) groups is 2. The molecule has 1 atom stereocenters. The summed E-state index contributed by atoms with van der Waals surface area (Å²) in [5.41, 5.74) is 5.83. The Bertz CT molecular complexity index is 1500. The molecule has 1 saturated heterocycles. The SMILES string of the molecule is Cc1cc(-c2ccc(-c3ncc[nH]3)cc2)cc2c1OCCN(C(=O)N1CCC(=O)C[C@@H]1c1ccc(F)cc1)C2. The van der Waals surface area contributed by atoms with Crippen LogP contribution < -0.4 is 4.74 Å². The highest BCUT2D eigenvalue weighted by Gasteiger charge is 2.35. The summed E-state index contributed by atoms with van der Waals surface area (Å²) in [5, 5.41) is 0. The van der Waals surface area contributed by atoms with Gasteiger partial charge in [0.05, 0.1) is 19.1 Å². The molecule has 0 radical (unpaired) electrons. The fourth-order valence-corrected chi connectivity index (χ4v) is 5.51. The van der Waals surface area contributed by atoms with Crippen LogP contribution in [0.1, 0.15) is 35.6 Å². The molecule has 2 amide bonds. The second-order valence-corrected chi connectivity index (χ2v) is 10.1. The number of likely N-dealkylation sites (tertiary alicyclic amines) is 1. The van der Waals surface area contributed by atoms with Crippen molar-refractivity contribution in [1.82, 2.24) is 19.8 Å². The molecule has 1 aromatic heterocycles. The maximum atomic E-state index is 13.9. The third-order valence-electron chi connectivity index (χ3n) is 7.51. The van der Waals surface area contributed by atoms with E-state index in [0.29, 0.717) is 32.7 Å². The van der Waals surface area contributed by atoms with Crippen LogP contribution in [0.5, 0.6) is 5.75 Å². The van der Waals surface area contributed by atoms with E-state index in [4.69, 9.17) is 4.74 Å². The number of amides is 2. The molecule has 1 fully saturated rings. The van der Waals surface area contributed by atoms with E-state index in [1.807, 2.05) is 19.1 Å². The van der Waals surface area contributed by atoms with Gasteiger partial charge in [-0.15, -0.1) is 0 Å². The van der Waals surface area contributed by atoms with E-state index >= 15 is 0 Å². The van der Waals surface area contributed by atoms with Crippen LogP contribution in [-0.2, 0) is 11.3 Å². The number of hydrogen-bond donors (Lipinski definition) is 1. The van der Waals surface area contributed by atoms with Crippen molar-refractivity contribution in [2.75, 3.05) is 19.7 Å². The average molecular weight is 525 g/mol. The minimum absolute atomic E-state index is 0.108. The number of aromatic nitrogens is 2. The van der Waals surface area contributed by atoms with Crippen LogP contribution in [0, 0.1) is 12.7 Å². The van der Waals surface area contributed by atoms with Gasteiger partial charge in [-0.05, 0) is 53.4 Å². The number of urea groups is 1. The molecule has 3 aromatic carbocycles. The number of aromatic amines is 1. The van der Waals surface area contributed by atoms with Gasteiger partial charge in [-0.25, -0.2) is 14.2 Å². The first-order chi connectivity index (χ1) is 19.0. The molecule has 0 saturated carbocycles. The van der Waals surface area contributed by atoms with Gasteiger partial charge in [-0.3, -0.25) is 4.79 Å². The van der Waals surface area contributed by atoms with Crippen LogP contribution in [-0.4, -0.2) is 51.3 Å². The number of imidazole rings is 1. The molecular formula is C31H29FN4O3. The number of halogens is 1. The molecule has 0 unspecified atom stereocenters. The van der Waals surface area contributed by atoms with Crippen molar-refractivity contribution in [2.45, 2.75) is 32.4 Å². The first-order valence-electron chi connectivity index (χ1n) is 13.2. The van der Waals surface area contributed by atoms with Gasteiger partial charge in [0, 0.05) is 42.9 Å². The number of fused-ring (bicyclic) bond motifs is 1. The van der Waals surface area contributed by atoms with Crippen LogP contribution in [0.3, 0.4) is 0 Å².